The third-order valence-corrected chi connectivity index (χ3v) is 6.87. The molecule has 1 unspecified atom stereocenters. The summed E-state index contributed by atoms with van der Waals surface area (Å²) in [5, 5.41) is 0. The van der Waals surface area contributed by atoms with Gasteiger partial charge in [-0.3, -0.25) is 0 Å². The van der Waals surface area contributed by atoms with Crippen LogP contribution in [-0.2, 0) is 9.47 Å². The predicted molar refractivity (Wildman–Crippen MR) is 157 cm³/mol. The lowest BCUT2D eigenvalue weighted by Gasteiger charge is -2.20. The van der Waals surface area contributed by atoms with E-state index in [2.05, 4.69) is 16.4 Å². The van der Waals surface area contributed by atoms with E-state index in [0.29, 0.717) is 18.6 Å². The van der Waals surface area contributed by atoms with Crippen molar-refractivity contribution in [2.24, 2.45) is 0 Å². The molecule has 226 valence electrons. The van der Waals surface area contributed by atoms with E-state index in [4.69, 9.17) is 4.74 Å². The molecular formula is C34H39F3O5. The second kappa shape index (κ2) is 16.6. The van der Waals surface area contributed by atoms with Gasteiger partial charge >= 0.3 is 18.3 Å². The van der Waals surface area contributed by atoms with E-state index in [1.54, 1.807) is 12.1 Å². The Hall–Kier alpha value is -3.81. The molecule has 0 amide bonds. The summed E-state index contributed by atoms with van der Waals surface area (Å²) in [4.78, 5) is 25.0. The first kappa shape index (κ1) is 32.7. The number of rotatable bonds is 15. The maximum atomic E-state index is 13.4. The number of carbonyl (C=O) groups excluding carboxylic acids is 2. The molecule has 0 aromatic heterocycles. The molecule has 0 fully saturated rings. The summed E-state index contributed by atoms with van der Waals surface area (Å²) in [6.07, 6.45) is -2.21. The number of ether oxygens (including phenoxy) is 3. The van der Waals surface area contributed by atoms with E-state index in [0.717, 1.165) is 54.5 Å². The standard InChI is InChI=1S/C34H39F3O5/c1-3-5-7-12-16-31(34(35,36)37)41-33(39)42-32(38)27-19-22-29(30(24-27)25-14-10-9-11-15-25)26-17-20-28(21-18-26)40-23-13-8-6-4-2/h9-11,14-15,17-22,24,31H,3-8,12-13,16,23H2,1-2H3. The first-order valence-electron chi connectivity index (χ1n) is 14.6. The summed E-state index contributed by atoms with van der Waals surface area (Å²) < 4.78 is 55.3. The highest BCUT2D eigenvalue weighted by Crippen LogP contribution is 2.34. The number of esters is 1. The minimum atomic E-state index is -4.76. The van der Waals surface area contributed by atoms with Crippen LogP contribution in [0.2, 0.25) is 0 Å². The average molecular weight is 585 g/mol. The lowest BCUT2D eigenvalue weighted by Crippen LogP contribution is -2.34. The number of hydrogen-bond donors (Lipinski definition) is 0. The van der Waals surface area contributed by atoms with Gasteiger partial charge in [-0.1, -0.05) is 101 Å². The van der Waals surface area contributed by atoms with E-state index < -0.39 is 24.4 Å². The second-order valence-corrected chi connectivity index (χ2v) is 10.2. The van der Waals surface area contributed by atoms with Gasteiger partial charge in [0, 0.05) is 0 Å². The molecule has 0 aliphatic heterocycles. The van der Waals surface area contributed by atoms with Gasteiger partial charge in [-0.25, -0.2) is 9.59 Å². The summed E-state index contributed by atoms with van der Waals surface area (Å²) in [5.41, 5.74) is 3.20. The summed E-state index contributed by atoms with van der Waals surface area (Å²) in [6, 6.07) is 21.7. The largest absolute Gasteiger partial charge is 0.517 e. The van der Waals surface area contributed by atoms with Crippen LogP contribution in [0.15, 0.2) is 72.8 Å². The molecular weight excluding hydrogens is 545 g/mol. The fraction of sp³-hybridized carbons (Fsp3) is 0.412. The Labute approximate surface area is 246 Å². The van der Waals surface area contributed by atoms with Gasteiger partial charge in [0.05, 0.1) is 12.2 Å². The van der Waals surface area contributed by atoms with Crippen molar-refractivity contribution >= 4 is 12.1 Å². The van der Waals surface area contributed by atoms with Gasteiger partial charge < -0.3 is 14.2 Å². The summed E-state index contributed by atoms with van der Waals surface area (Å²) in [7, 11) is 0. The van der Waals surface area contributed by atoms with Crippen LogP contribution in [0.1, 0.15) is 82.0 Å². The van der Waals surface area contributed by atoms with Crippen LogP contribution in [-0.4, -0.2) is 31.0 Å². The minimum Gasteiger partial charge on any atom is -0.494 e. The Morgan fingerprint density at radius 1 is 0.738 bits per heavy atom. The Kier molecular flexibility index (Phi) is 12.9. The molecule has 0 bridgehead atoms. The van der Waals surface area contributed by atoms with Crippen molar-refractivity contribution in [2.75, 3.05) is 6.61 Å². The first-order valence-corrected chi connectivity index (χ1v) is 14.6. The zero-order valence-electron chi connectivity index (χ0n) is 24.3. The van der Waals surface area contributed by atoms with Crippen LogP contribution in [0.3, 0.4) is 0 Å². The Bertz CT molecular complexity index is 1260. The maximum Gasteiger partial charge on any atom is 0.517 e. The Morgan fingerprint density at radius 2 is 1.38 bits per heavy atom. The fourth-order valence-corrected chi connectivity index (χ4v) is 4.55. The second-order valence-electron chi connectivity index (χ2n) is 10.2. The number of benzene rings is 3. The van der Waals surface area contributed by atoms with E-state index in [1.807, 2.05) is 61.5 Å². The summed E-state index contributed by atoms with van der Waals surface area (Å²) in [5.74, 6) is -0.333. The molecule has 0 aliphatic rings. The van der Waals surface area contributed by atoms with Gasteiger partial charge in [0.2, 0.25) is 6.10 Å². The molecule has 42 heavy (non-hydrogen) atoms. The Balaban J connectivity index is 1.75. The third kappa shape index (κ3) is 10.2. The van der Waals surface area contributed by atoms with Gasteiger partial charge in [-0.05, 0) is 65.8 Å². The van der Waals surface area contributed by atoms with Crippen LogP contribution >= 0.6 is 0 Å². The molecule has 3 aromatic rings. The Morgan fingerprint density at radius 3 is 2.02 bits per heavy atom. The molecule has 3 aromatic carbocycles. The summed E-state index contributed by atoms with van der Waals surface area (Å²) >= 11 is 0. The molecule has 5 nitrogen and oxygen atoms in total. The van der Waals surface area contributed by atoms with Gasteiger partial charge in [-0.2, -0.15) is 13.2 Å². The molecule has 0 spiro atoms. The van der Waals surface area contributed by atoms with Crippen LogP contribution in [0.5, 0.6) is 5.75 Å². The number of hydrogen-bond acceptors (Lipinski definition) is 5. The van der Waals surface area contributed by atoms with Crippen LogP contribution < -0.4 is 4.74 Å². The average Bonchev–Trinajstić information content (AvgIpc) is 2.98. The van der Waals surface area contributed by atoms with E-state index in [1.165, 1.54) is 12.5 Å². The van der Waals surface area contributed by atoms with E-state index >= 15 is 0 Å². The molecule has 0 saturated heterocycles. The van der Waals surface area contributed by atoms with E-state index in [-0.39, 0.29) is 18.4 Å². The quantitative estimate of drug-likeness (QED) is 0.101. The van der Waals surface area contributed by atoms with Crippen molar-refractivity contribution < 1.29 is 37.0 Å². The highest BCUT2D eigenvalue weighted by molar-refractivity contribution is 5.98. The van der Waals surface area contributed by atoms with Crippen molar-refractivity contribution in [1.82, 2.24) is 0 Å². The normalized spacial score (nSPS) is 12.0. The van der Waals surface area contributed by atoms with Gasteiger partial charge in [0.25, 0.3) is 0 Å². The van der Waals surface area contributed by atoms with Gasteiger partial charge in [0.15, 0.2) is 0 Å². The molecule has 3 rings (SSSR count). The molecule has 0 N–H and O–H groups in total. The van der Waals surface area contributed by atoms with Crippen molar-refractivity contribution in [2.45, 2.75) is 83.9 Å². The SMILES string of the molecule is CCCCCCOc1ccc(-c2ccc(C(=O)OC(=O)OC(CCCCCC)C(F)(F)F)cc2-c2ccccc2)cc1. The molecule has 1 atom stereocenters. The lowest BCUT2D eigenvalue weighted by atomic mass is 9.93. The lowest BCUT2D eigenvalue weighted by molar-refractivity contribution is -0.209. The molecule has 0 aliphatic carbocycles. The van der Waals surface area contributed by atoms with Crippen LogP contribution in [0.25, 0.3) is 22.3 Å². The highest BCUT2D eigenvalue weighted by Gasteiger charge is 2.43. The zero-order valence-corrected chi connectivity index (χ0v) is 24.3. The molecule has 0 heterocycles. The molecule has 0 radical (unpaired) electrons. The first-order chi connectivity index (χ1) is 20.2. The fourth-order valence-electron chi connectivity index (χ4n) is 4.55. The molecule has 0 saturated carbocycles. The van der Waals surface area contributed by atoms with Crippen LogP contribution in [0.4, 0.5) is 18.0 Å². The third-order valence-electron chi connectivity index (χ3n) is 6.87. The number of carbonyl (C=O) groups is 2. The minimum absolute atomic E-state index is 0.00749. The number of unbranched alkanes of at least 4 members (excludes halogenated alkanes) is 6. The van der Waals surface area contributed by atoms with Crippen molar-refractivity contribution in [3.63, 3.8) is 0 Å². The highest BCUT2D eigenvalue weighted by atomic mass is 19.4. The zero-order chi connectivity index (χ0) is 30.4. The monoisotopic (exact) mass is 584 g/mol. The van der Waals surface area contributed by atoms with E-state index in [9.17, 15) is 22.8 Å². The van der Waals surface area contributed by atoms with Gasteiger partial charge in [-0.15, -0.1) is 0 Å². The predicted octanol–water partition coefficient (Wildman–Crippen LogP) is 10.2. The topological polar surface area (TPSA) is 61.8 Å². The smallest absolute Gasteiger partial charge is 0.494 e. The van der Waals surface area contributed by atoms with Crippen molar-refractivity contribution in [1.29, 1.82) is 0 Å². The number of halogens is 3. The van der Waals surface area contributed by atoms with Crippen molar-refractivity contribution in [3.8, 4) is 28.0 Å². The summed E-state index contributed by atoms with van der Waals surface area (Å²) in [6.45, 7) is 4.76. The maximum absolute atomic E-state index is 13.4. The molecule has 8 heteroatoms. The van der Waals surface area contributed by atoms with Crippen LogP contribution in [0, 0.1) is 0 Å². The van der Waals surface area contributed by atoms with Crippen molar-refractivity contribution in [3.05, 3.63) is 78.4 Å². The number of alkyl halides is 3. The van der Waals surface area contributed by atoms with Gasteiger partial charge in [0.1, 0.15) is 5.75 Å².